The van der Waals surface area contributed by atoms with Gasteiger partial charge in [0.2, 0.25) is 0 Å². The zero-order valence-electron chi connectivity index (χ0n) is 10.6. The summed E-state index contributed by atoms with van der Waals surface area (Å²) in [5, 5.41) is 3.50. The minimum atomic E-state index is 0.363. The third kappa shape index (κ3) is 6.16. The maximum Gasteiger partial charge on any atom is 0.0594 e. The van der Waals surface area contributed by atoms with Crippen LogP contribution in [-0.2, 0) is 4.74 Å². The Hall–Kier alpha value is -0.0800. The van der Waals surface area contributed by atoms with E-state index in [1.165, 1.54) is 32.2 Å². The van der Waals surface area contributed by atoms with Gasteiger partial charge in [0.1, 0.15) is 0 Å². The average molecular weight is 213 g/mol. The first kappa shape index (κ1) is 13.0. The lowest BCUT2D eigenvalue weighted by atomic mass is 9.83. The lowest BCUT2D eigenvalue weighted by Gasteiger charge is -2.26. The van der Waals surface area contributed by atoms with Crippen molar-refractivity contribution in [1.82, 2.24) is 5.32 Å². The summed E-state index contributed by atoms with van der Waals surface area (Å²) < 4.78 is 5.49. The van der Waals surface area contributed by atoms with Gasteiger partial charge in [-0.2, -0.15) is 0 Å². The van der Waals surface area contributed by atoms with E-state index in [9.17, 15) is 0 Å². The number of rotatable bonds is 6. The Morgan fingerprint density at radius 1 is 1.20 bits per heavy atom. The Labute approximate surface area is 94.8 Å². The van der Waals surface area contributed by atoms with Crippen LogP contribution in [0.1, 0.15) is 46.5 Å². The van der Waals surface area contributed by atoms with E-state index < -0.39 is 0 Å². The predicted octanol–water partition coefficient (Wildman–Crippen LogP) is 2.83. The van der Waals surface area contributed by atoms with Gasteiger partial charge in [0, 0.05) is 6.54 Å². The summed E-state index contributed by atoms with van der Waals surface area (Å²) in [6.45, 7) is 9.59. The maximum atomic E-state index is 5.49. The maximum absolute atomic E-state index is 5.49. The molecule has 2 nitrogen and oxygen atoms in total. The first-order valence-electron chi connectivity index (χ1n) is 6.50. The normalized spacial score (nSPS) is 27.2. The van der Waals surface area contributed by atoms with Gasteiger partial charge in [-0.1, -0.05) is 19.8 Å². The monoisotopic (exact) mass is 213 g/mol. The largest absolute Gasteiger partial charge is 0.377 e. The highest BCUT2D eigenvalue weighted by Gasteiger charge is 2.17. The summed E-state index contributed by atoms with van der Waals surface area (Å²) >= 11 is 0. The molecule has 0 aliphatic heterocycles. The van der Waals surface area contributed by atoms with E-state index in [1.54, 1.807) is 0 Å². The zero-order chi connectivity index (χ0) is 11.1. The van der Waals surface area contributed by atoms with Crippen molar-refractivity contribution in [2.24, 2.45) is 11.8 Å². The van der Waals surface area contributed by atoms with Crippen molar-refractivity contribution in [1.29, 1.82) is 0 Å². The molecule has 0 heterocycles. The molecule has 0 unspecified atom stereocenters. The van der Waals surface area contributed by atoms with Gasteiger partial charge in [-0.15, -0.1) is 0 Å². The first-order valence-corrected chi connectivity index (χ1v) is 6.50. The highest BCUT2D eigenvalue weighted by molar-refractivity contribution is 4.71. The molecule has 1 fully saturated rings. The highest BCUT2D eigenvalue weighted by atomic mass is 16.5. The Morgan fingerprint density at radius 2 is 1.87 bits per heavy atom. The second kappa shape index (κ2) is 7.24. The van der Waals surface area contributed by atoms with Gasteiger partial charge in [-0.05, 0) is 45.1 Å². The number of nitrogens with one attached hydrogen (secondary N) is 1. The minimum absolute atomic E-state index is 0.363. The third-order valence-corrected chi connectivity index (χ3v) is 3.30. The molecule has 90 valence electrons. The number of hydrogen-bond acceptors (Lipinski definition) is 2. The first-order chi connectivity index (χ1) is 7.18. The smallest absolute Gasteiger partial charge is 0.0594 e. The van der Waals surface area contributed by atoms with Crippen molar-refractivity contribution in [2.75, 3.05) is 19.7 Å². The summed E-state index contributed by atoms with van der Waals surface area (Å²) in [7, 11) is 0. The van der Waals surface area contributed by atoms with Crippen LogP contribution in [0.2, 0.25) is 0 Å². The fourth-order valence-corrected chi connectivity index (χ4v) is 2.21. The van der Waals surface area contributed by atoms with Crippen molar-refractivity contribution in [2.45, 2.75) is 52.6 Å². The molecule has 0 radical (unpaired) electrons. The van der Waals surface area contributed by atoms with E-state index in [4.69, 9.17) is 4.74 Å². The van der Waals surface area contributed by atoms with Crippen molar-refractivity contribution >= 4 is 0 Å². The van der Waals surface area contributed by atoms with E-state index in [0.717, 1.165) is 25.0 Å². The van der Waals surface area contributed by atoms with Crippen molar-refractivity contribution < 1.29 is 4.74 Å². The fraction of sp³-hybridized carbons (Fsp3) is 1.00. The Kier molecular flexibility index (Phi) is 6.26. The fourth-order valence-electron chi connectivity index (χ4n) is 2.21. The van der Waals surface area contributed by atoms with Gasteiger partial charge in [-0.3, -0.25) is 0 Å². The van der Waals surface area contributed by atoms with E-state index in [2.05, 4.69) is 26.1 Å². The summed E-state index contributed by atoms with van der Waals surface area (Å²) in [6.07, 6.45) is 6.05. The molecule has 1 N–H and O–H groups in total. The predicted molar refractivity (Wildman–Crippen MR) is 65.1 cm³/mol. The lowest BCUT2D eigenvalue weighted by Crippen LogP contribution is -2.29. The lowest BCUT2D eigenvalue weighted by molar-refractivity contribution is 0.0799. The molecule has 1 saturated carbocycles. The molecular formula is C13H27NO. The Morgan fingerprint density at radius 3 is 2.47 bits per heavy atom. The van der Waals surface area contributed by atoms with Gasteiger partial charge in [0.25, 0.3) is 0 Å². The molecule has 0 aromatic heterocycles. The summed E-state index contributed by atoms with van der Waals surface area (Å²) in [4.78, 5) is 0. The van der Waals surface area contributed by atoms with Crippen LogP contribution in [0.5, 0.6) is 0 Å². The van der Waals surface area contributed by atoms with Crippen LogP contribution >= 0.6 is 0 Å². The van der Waals surface area contributed by atoms with Gasteiger partial charge >= 0.3 is 0 Å². The Balaban J connectivity index is 1.91. The SMILES string of the molecule is CC1CCC(CNCCOC(C)C)CC1. The molecule has 0 bridgehead atoms. The third-order valence-electron chi connectivity index (χ3n) is 3.30. The van der Waals surface area contributed by atoms with E-state index >= 15 is 0 Å². The second-order valence-corrected chi connectivity index (χ2v) is 5.25. The van der Waals surface area contributed by atoms with Crippen LogP contribution in [0.15, 0.2) is 0 Å². The van der Waals surface area contributed by atoms with Crippen LogP contribution in [0, 0.1) is 11.8 Å². The summed E-state index contributed by atoms with van der Waals surface area (Å²) in [5.74, 6) is 1.88. The molecule has 1 aliphatic rings. The van der Waals surface area contributed by atoms with Gasteiger partial charge in [0.05, 0.1) is 12.7 Å². The topological polar surface area (TPSA) is 21.3 Å². The molecule has 0 aromatic carbocycles. The molecule has 1 aliphatic carbocycles. The minimum Gasteiger partial charge on any atom is -0.377 e. The summed E-state index contributed by atoms with van der Waals surface area (Å²) in [5.41, 5.74) is 0. The molecule has 15 heavy (non-hydrogen) atoms. The quantitative estimate of drug-likeness (QED) is 0.685. The molecule has 2 heteroatoms. The molecule has 0 amide bonds. The second-order valence-electron chi connectivity index (χ2n) is 5.25. The van der Waals surface area contributed by atoms with E-state index in [1.807, 2.05) is 0 Å². The van der Waals surface area contributed by atoms with Crippen LogP contribution in [0.4, 0.5) is 0 Å². The van der Waals surface area contributed by atoms with E-state index in [-0.39, 0.29) is 0 Å². The van der Waals surface area contributed by atoms with Gasteiger partial charge in [-0.25, -0.2) is 0 Å². The molecule has 0 saturated heterocycles. The molecule has 0 aromatic rings. The summed E-state index contributed by atoms with van der Waals surface area (Å²) in [6, 6.07) is 0. The van der Waals surface area contributed by atoms with E-state index in [0.29, 0.717) is 6.10 Å². The number of ether oxygens (including phenoxy) is 1. The zero-order valence-corrected chi connectivity index (χ0v) is 10.6. The number of hydrogen-bond donors (Lipinski definition) is 1. The van der Waals surface area contributed by atoms with Gasteiger partial charge < -0.3 is 10.1 Å². The average Bonchev–Trinajstić information content (AvgIpc) is 2.20. The van der Waals surface area contributed by atoms with Crippen molar-refractivity contribution in [3.63, 3.8) is 0 Å². The van der Waals surface area contributed by atoms with Crippen molar-refractivity contribution in [3.05, 3.63) is 0 Å². The van der Waals surface area contributed by atoms with Crippen LogP contribution in [0.3, 0.4) is 0 Å². The van der Waals surface area contributed by atoms with Crippen LogP contribution in [0.25, 0.3) is 0 Å². The standard InChI is InChI=1S/C13H27NO/c1-11(2)15-9-8-14-10-13-6-4-12(3)5-7-13/h11-14H,4-10H2,1-3H3. The molecule has 0 atom stereocenters. The highest BCUT2D eigenvalue weighted by Crippen LogP contribution is 2.27. The van der Waals surface area contributed by atoms with Gasteiger partial charge in [0.15, 0.2) is 0 Å². The molecular weight excluding hydrogens is 186 g/mol. The molecule has 0 spiro atoms. The molecule has 1 rings (SSSR count). The van der Waals surface area contributed by atoms with Crippen molar-refractivity contribution in [3.8, 4) is 0 Å². The van der Waals surface area contributed by atoms with Crippen LogP contribution < -0.4 is 5.32 Å². The Bertz CT molecular complexity index is 151. The van der Waals surface area contributed by atoms with Crippen LogP contribution in [-0.4, -0.2) is 25.8 Å².